The molecule has 8 heteroatoms. The van der Waals surface area contributed by atoms with E-state index in [1.165, 1.54) is 13.2 Å². The van der Waals surface area contributed by atoms with E-state index in [9.17, 15) is 18.6 Å². The van der Waals surface area contributed by atoms with Gasteiger partial charge >= 0.3 is 0 Å². The van der Waals surface area contributed by atoms with Crippen LogP contribution in [0.3, 0.4) is 0 Å². The van der Waals surface area contributed by atoms with Gasteiger partial charge in [0.1, 0.15) is 11.4 Å². The first-order chi connectivity index (χ1) is 8.31. The van der Waals surface area contributed by atoms with Gasteiger partial charge in [-0.2, -0.15) is 8.42 Å². The summed E-state index contributed by atoms with van der Waals surface area (Å²) in [6, 6.07) is 3.53. The molecule has 4 N–H and O–H groups in total. The standard InChI is InChI=1S/C10H14O7S/c1-17-9-4-6(2-3-7(9)12)10(8(13)5-11)18(14,15)16/h2-4,8,10-13H,5H2,1H3,(H,14,15,16). The molecule has 0 radical (unpaired) electrons. The van der Waals surface area contributed by atoms with Crippen LogP contribution in [-0.4, -0.2) is 48.1 Å². The number of aliphatic hydroxyl groups excluding tert-OH is 2. The minimum atomic E-state index is -4.61. The molecule has 0 aliphatic rings. The lowest BCUT2D eigenvalue weighted by atomic mass is 10.1. The first-order valence-electron chi connectivity index (χ1n) is 4.93. The number of rotatable bonds is 5. The van der Waals surface area contributed by atoms with E-state index in [-0.39, 0.29) is 17.1 Å². The van der Waals surface area contributed by atoms with E-state index in [2.05, 4.69) is 0 Å². The van der Waals surface area contributed by atoms with Crippen LogP contribution in [0.2, 0.25) is 0 Å². The van der Waals surface area contributed by atoms with Crippen molar-refractivity contribution in [2.24, 2.45) is 0 Å². The van der Waals surface area contributed by atoms with Gasteiger partial charge < -0.3 is 20.1 Å². The van der Waals surface area contributed by atoms with Gasteiger partial charge in [-0.1, -0.05) is 6.07 Å². The van der Waals surface area contributed by atoms with Crippen molar-refractivity contribution in [2.45, 2.75) is 11.4 Å². The van der Waals surface area contributed by atoms with Crippen molar-refractivity contribution >= 4 is 10.1 Å². The Morgan fingerprint density at radius 2 is 2.00 bits per heavy atom. The van der Waals surface area contributed by atoms with Gasteiger partial charge in [-0.25, -0.2) is 0 Å². The Morgan fingerprint density at radius 1 is 1.39 bits per heavy atom. The van der Waals surface area contributed by atoms with E-state index in [1.807, 2.05) is 0 Å². The second-order valence-electron chi connectivity index (χ2n) is 3.62. The molecule has 2 atom stereocenters. The summed E-state index contributed by atoms with van der Waals surface area (Å²) in [6.07, 6.45) is -1.69. The van der Waals surface area contributed by atoms with E-state index in [0.29, 0.717) is 0 Å². The maximum Gasteiger partial charge on any atom is 0.274 e. The smallest absolute Gasteiger partial charge is 0.274 e. The summed E-state index contributed by atoms with van der Waals surface area (Å²) < 4.78 is 36.3. The molecule has 0 amide bonds. The summed E-state index contributed by atoms with van der Waals surface area (Å²) in [7, 11) is -3.35. The molecule has 1 aromatic rings. The van der Waals surface area contributed by atoms with Crippen LogP contribution in [-0.2, 0) is 10.1 Å². The Bertz CT molecular complexity index is 511. The Kier molecular flexibility index (Phi) is 4.52. The quantitative estimate of drug-likeness (QED) is 0.544. The van der Waals surface area contributed by atoms with E-state index >= 15 is 0 Å². The lowest BCUT2D eigenvalue weighted by Crippen LogP contribution is -2.28. The highest BCUT2D eigenvalue weighted by molar-refractivity contribution is 7.86. The second kappa shape index (κ2) is 5.53. The number of benzene rings is 1. The van der Waals surface area contributed by atoms with Gasteiger partial charge in [-0.05, 0) is 17.7 Å². The summed E-state index contributed by atoms with van der Waals surface area (Å²) in [4.78, 5) is 0. The molecule has 0 aliphatic heterocycles. The molecule has 0 aromatic heterocycles. The fourth-order valence-corrected chi connectivity index (χ4v) is 2.53. The molecule has 18 heavy (non-hydrogen) atoms. The van der Waals surface area contributed by atoms with E-state index < -0.39 is 28.1 Å². The predicted octanol–water partition coefficient (Wildman–Crippen LogP) is -0.317. The fraction of sp³-hybridized carbons (Fsp3) is 0.400. The van der Waals surface area contributed by atoms with Crippen LogP contribution in [0.4, 0.5) is 0 Å². The summed E-state index contributed by atoms with van der Waals surface area (Å²) in [5.74, 6) is -0.222. The highest BCUT2D eigenvalue weighted by Gasteiger charge is 2.32. The molecule has 0 bridgehead atoms. The Balaban J connectivity index is 3.30. The van der Waals surface area contributed by atoms with Gasteiger partial charge in [-0.3, -0.25) is 4.55 Å². The molecule has 0 heterocycles. The highest BCUT2D eigenvalue weighted by Crippen LogP contribution is 2.33. The minimum absolute atomic E-state index is 0.00583. The van der Waals surface area contributed by atoms with Crippen molar-refractivity contribution in [3.8, 4) is 11.5 Å². The Labute approximate surface area is 104 Å². The zero-order valence-corrected chi connectivity index (χ0v) is 10.3. The molecule has 102 valence electrons. The second-order valence-corrected chi connectivity index (χ2v) is 5.15. The number of aromatic hydroxyl groups is 1. The highest BCUT2D eigenvalue weighted by atomic mass is 32.2. The number of ether oxygens (including phenoxy) is 1. The third kappa shape index (κ3) is 3.10. The number of methoxy groups -OCH3 is 1. The molecular formula is C10H14O7S. The van der Waals surface area contributed by atoms with Gasteiger partial charge in [-0.15, -0.1) is 0 Å². The molecule has 0 spiro atoms. The van der Waals surface area contributed by atoms with Crippen molar-refractivity contribution in [1.29, 1.82) is 0 Å². The van der Waals surface area contributed by atoms with Crippen LogP contribution in [0.25, 0.3) is 0 Å². The van der Waals surface area contributed by atoms with Crippen molar-refractivity contribution < 1.29 is 33.0 Å². The number of phenolic OH excluding ortho intramolecular Hbond substituents is 1. The summed E-state index contributed by atoms with van der Waals surface area (Å²) >= 11 is 0. The first-order valence-corrected chi connectivity index (χ1v) is 6.43. The van der Waals surface area contributed by atoms with Crippen LogP contribution in [0.15, 0.2) is 18.2 Å². The zero-order valence-electron chi connectivity index (χ0n) is 9.52. The van der Waals surface area contributed by atoms with Crippen molar-refractivity contribution in [1.82, 2.24) is 0 Å². The molecule has 1 aromatic carbocycles. The predicted molar refractivity (Wildman–Crippen MR) is 62.0 cm³/mol. The normalized spacial score (nSPS) is 15.1. The monoisotopic (exact) mass is 278 g/mol. The van der Waals surface area contributed by atoms with Crippen LogP contribution in [0.5, 0.6) is 11.5 Å². The van der Waals surface area contributed by atoms with Crippen LogP contribution in [0.1, 0.15) is 10.8 Å². The van der Waals surface area contributed by atoms with Crippen molar-refractivity contribution in [2.75, 3.05) is 13.7 Å². The van der Waals surface area contributed by atoms with Gasteiger partial charge in [0.2, 0.25) is 0 Å². The maximum atomic E-state index is 11.2. The van der Waals surface area contributed by atoms with Gasteiger partial charge in [0.25, 0.3) is 10.1 Å². The van der Waals surface area contributed by atoms with Gasteiger partial charge in [0, 0.05) is 0 Å². The molecule has 0 fully saturated rings. The van der Waals surface area contributed by atoms with Crippen LogP contribution in [0, 0.1) is 0 Å². The fourth-order valence-electron chi connectivity index (χ4n) is 1.56. The number of phenols is 1. The Morgan fingerprint density at radius 3 is 2.44 bits per heavy atom. The molecule has 0 saturated carbocycles. The number of hydrogen-bond donors (Lipinski definition) is 4. The molecule has 0 saturated heterocycles. The van der Waals surface area contributed by atoms with Gasteiger partial charge in [0.15, 0.2) is 11.5 Å². The van der Waals surface area contributed by atoms with Crippen LogP contribution < -0.4 is 4.74 Å². The molecule has 7 nitrogen and oxygen atoms in total. The zero-order chi connectivity index (χ0) is 13.9. The maximum absolute atomic E-state index is 11.2. The average Bonchev–Trinajstić information content (AvgIpc) is 2.29. The Hall–Kier alpha value is -1.35. The lowest BCUT2D eigenvalue weighted by Gasteiger charge is -2.19. The first kappa shape index (κ1) is 14.7. The SMILES string of the molecule is COc1cc(C(C(O)CO)S(=O)(=O)O)ccc1O. The van der Waals surface area contributed by atoms with Gasteiger partial charge in [0.05, 0.1) is 13.7 Å². The molecule has 1 rings (SSSR count). The van der Waals surface area contributed by atoms with E-state index in [4.69, 9.17) is 14.4 Å². The number of aliphatic hydroxyl groups is 2. The average molecular weight is 278 g/mol. The van der Waals surface area contributed by atoms with Crippen molar-refractivity contribution in [3.05, 3.63) is 23.8 Å². The number of hydrogen-bond acceptors (Lipinski definition) is 6. The summed E-state index contributed by atoms with van der Waals surface area (Å²) in [5, 5.41) is 25.9. The minimum Gasteiger partial charge on any atom is -0.504 e. The lowest BCUT2D eigenvalue weighted by molar-refractivity contribution is 0.0888. The van der Waals surface area contributed by atoms with E-state index in [0.717, 1.165) is 12.1 Å². The molecular weight excluding hydrogens is 264 g/mol. The van der Waals surface area contributed by atoms with E-state index in [1.54, 1.807) is 0 Å². The third-order valence-electron chi connectivity index (χ3n) is 2.39. The third-order valence-corrected chi connectivity index (χ3v) is 3.62. The summed E-state index contributed by atoms with van der Waals surface area (Å²) in [6.45, 7) is -0.840. The largest absolute Gasteiger partial charge is 0.504 e. The van der Waals surface area contributed by atoms with Crippen LogP contribution >= 0.6 is 0 Å². The topological polar surface area (TPSA) is 124 Å². The molecule has 0 aliphatic carbocycles. The molecule has 2 unspecified atom stereocenters. The summed E-state index contributed by atoms with van der Waals surface area (Å²) in [5.41, 5.74) is -0.00583. The van der Waals surface area contributed by atoms with Crippen molar-refractivity contribution in [3.63, 3.8) is 0 Å².